The molecule has 1 saturated heterocycles. The Morgan fingerprint density at radius 3 is 2.55 bits per heavy atom. The van der Waals surface area contributed by atoms with E-state index in [1.165, 1.54) is 16.2 Å². The van der Waals surface area contributed by atoms with Gasteiger partial charge in [0.2, 0.25) is 5.13 Å². The first-order valence-corrected chi connectivity index (χ1v) is 10.3. The number of furan rings is 1. The monoisotopic (exact) mass is 439 g/mol. The van der Waals surface area contributed by atoms with Crippen LogP contribution in [-0.4, -0.2) is 40.2 Å². The Labute approximate surface area is 180 Å². The van der Waals surface area contributed by atoms with Gasteiger partial charge in [-0.2, -0.15) is 0 Å². The van der Waals surface area contributed by atoms with Crippen LogP contribution in [0.3, 0.4) is 0 Å². The molecule has 0 aliphatic carbocycles. The molecule has 0 radical (unpaired) electrons. The Morgan fingerprint density at radius 2 is 1.87 bits per heavy atom. The quantitative estimate of drug-likeness (QED) is 0.376. The van der Waals surface area contributed by atoms with E-state index in [2.05, 4.69) is 10.2 Å². The van der Waals surface area contributed by atoms with Gasteiger partial charge in [-0.3, -0.25) is 14.5 Å². The van der Waals surface area contributed by atoms with Crippen molar-refractivity contribution in [2.24, 2.45) is 0 Å². The first-order valence-electron chi connectivity index (χ1n) is 9.51. The molecule has 1 atom stereocenters. The lowest BCUT2D eigenvalue weighted by Gasteiger charge is -2.21. The topological polar surface area (TPSA) is 115 Å². The Balaban J connectivity index is 1.68. The number of Topliss-reactive ketones (excluding diaryl/α,β-unsaturated/α-hetero) is 1. The Hall–Kier alpha value is -3.66. The number of hydrogen-bond donors (Lipinski definition) is 1. The normalized spacial score (nSPS) is 19.8. The second-order valence-corrected chi connectivity index (χ2v) is 8.24. The van der Waals surface area contributed by atoms with Crippen LogP contribution in [0, 0.1) is 13.8 Å². The molecular weight excluding hydrogens is 422 g/mol. The summed E-state index contributed by atoms with van der Waals surface area (Å²) in [4.78, 5) is 27.2. The number of aliphatic hydroxyl groups is 1. The van der Waals surface area contributed by atoms with E-state index in [4.69, 9.17) is 13.9 Å². The van der Waals surface area contributed by atoms with Crippen LogP contribution < -0.4 is 14.4 Å². The number of rotatable bonds is 3. The van der Waals surface area contributed by atoms with Crippen LogP contribution in [0.1, 0.15) is 28.1 Å². The molecule has 1 aromatic carbocycles. The van der Waals surface area contributed by atoms with E-state index < -0.39 is 17.7 Å². The van der Waals surface area contributed by atoms with E-state index in [0.29, 0.717) is 46.8 Å². The maximum absolute atomic E-state index is 13.0. The molecule has 3 aromatic rings. The van der Waals surface area contributed by atoms with E-state index in [1.54, 1.807) is 44.2 Å². The predicted octanol–water partition coefficient (Wildman–Crippen LogP) is 3.15. The molecular formula is C21H17N3O6S. The number of aliphatic hydroxyl groups excluding tert-OH is 1. The van der Waals surface area contributed by atoms with E-state index in [1.807, 2.05) is 0 Å². The molecule has 2 aromatic heterocycles. The number of benzene rings is 1. The van der Waals surface area contributed by atoms with Crippen LogP contribution in [0.4, 0.5) is 5.13 Å². The van der Waals surface area contributed by atoms with Gasteiger partial charge >= 0.3 is 5.91 Å². The molecule has 2 aliphatic rings. The van der Waals surface area contributed by atoms with Crippen molar-refractivity contribution in [3.8, 4) is 11.5 Å². The van der Waals surface area contributed by atoms with Gasteiger partial charge in [0.1, 0.15) is 41.5 Å². The molecule has 0 bridgehead atoms. The molecule has 0 saturated carbocycles. The number of anilines is 1. The van der Waals surface area contributed by atoms with E-state index >= 15 is 0 Å². The van der Waals surface area contributed by atoms with Crippen LogP contribution in [0.5, 0.6) is 11.5 Å². The Morgan fingerprint density at radius 1 is 1.10 bits per heavy atom. The number of ketones is 1. The molecule has 9 nitrogen and oxygen atoms in total. The van der Waals surface area contributed by atoms with Gasteiger partial charge in [0.15, 0.2) is 11.5 Å². The van der Waals surface area contributed by atoms with Crippen molar-refractivity contribution in [2.45, 2.75) is 19.9 Å². The molecule has 158 valence electrons. The van der Waals surface area contributed by atoms with Crippen molar-refractivity contribution in [1.82, 2.24) is 10.2 Å². The number of ether oxygens (including phenoxy) is 2. The molecule has 4 heterocycles. The fourth-order valence-corrected chi connectivity index (χ4v) is 4.34. The summed E-state index contributed by atoms with van der Waals surface area (Å²) in [5, 5.41) is 20.0. The van der Waals surface area contributed by atoms with Crippen LogP contribution in [0.15, 0.2) is 40.3 Å². The Bertz CT molecular complexity index is 1240. The summed E-state index contributed by atoms with van der Waals surface area (Å²) in [7, 11) is 0. The lowest BCUT2D eigenvalue weighted by atomic mass is 9.99. The third-order valence-electron chi connectivity index (χ3n) is 5.01. The third-order valence-corrected chi connectivity index (χ3v) is 5.85. The van der Waals surface area contributed by atoms with Crippen molar-refractivity contribution in [1.29, 1.82) is 0 Å². The van der Waals surface area contributed by atoms with Gasteiger partial charge in [-0.1, -0.05) is 11.3 Å². The number of carbonyl (C=O) groups is 2. The minimum Gasteiger partial charge on any atom is -0.507 e. The zero-order valence-corrected chi connectivity index (χ0v) is 17.4. The highest BCUT2D eigenvalue weighted by molar-refractivity contribution is 7.15. The van der Waals surface area contributed by atoms with Crippen molar-refractivity contribution < 1.29 is 28.6 Å². The molecule has 5 rings (SSSR count). The average molecular weight is 439 g/mol. The highest BCUT2D eigenvalue weighted by Crippen LogP contribution is 2.44. The molecule has 1 amide bonds. The SMILES string of the molecule is Cc1ccc(C2C(=C(O)c3ccc4c(c3)OCCO4)C(=O)C(=O)N2c2nnc(C)s2)o1. The predicted molar refractivity (Wildman–Crippen MR) is 110 cm³/mol. The second-order valence-electron chi connectivity index (χ2n) is 7.08. The fraction of sp³-hybridized carbons (Fsp3) is 0.238. The summed E-state index contributed by atoms with van der Waals surface area (Å²) >= 11 is 1.17. The number of nitrogens with zero attached hydrogens (tertiary/aromatic N) is 3. The number of fused-ring (bicyclic) bond motifs is 1. The highest BCUT2D eigenvalue weighted by Gasteiger charge is 2.49. The van der Waals surface area contributed by atoms with Gasteiger partial charge in [-0.05, 0) is 44.2 Å². The van der Waals surface area contributed by atoms with Crippen molar-refractivity contribution >= 4 is 33.9 Å². The first kappa shape index (κ1) is 19.3. The van der Waals surface area contributed by atoms with Crippen molar-refractivity contribution in [3.05, 3.63) is 58.0 Å². The van der Waals surface area contributed by atoms with Gasteiger partial charge in [-0.25, -0.2) is 0 Å². The summed E-state index contributed by atoms with van der Waals surface area (Å²) in [5.41, 5.74) is 0.229. The molecule has 1 fully saturated rings. The van der Waals surface area contributed by atoms with Gasteiger partial charge < -0.3 is 19.0 Å². The fourth-order valence-electron chi connectivity index (χ4n) is 3.63. The average Bonchev–Trinajstić information content (AvgIpc) is 3.45. The summed E-state index contributed by atoms with van der Waals surface area (Å²) in [5.74, 6) is -0.0378. The lowest BCUT2D eigenvalue weighted by molar-refractivity contribution is -0.132. The van der Waals surface area contributed by atoms with Crippen LogP contribution in [0.25, 0.3) is 5.76 Å². The van der Waals surface area contributed by atoms with Crippen molar-refractivity contribution in [3.63, 3.8) is 0 Å². The number of hydrogen-bond acceptors (Lipinski definition) is 9. The summed E-state index contributed by atoms with van der Waals surface area (Å²) in [6, 6.07) is 7.26. The minimum absolute atomic E-state index is 0.0936. The zero-order valence-electron chi connectivity index (χ0n) is 16.6. The molecule has 0 spiro atoms. The third kappa shape index (κ3) is 3.15. The van der Waals surface area contributed by atoms with Crippen molar-refractivity contribution in [2.75, 3.05) is 18.1 Å². The van der Waals surface area contributed by atoms with Crippen LogP contribution in [-0.2, 0) is 9.59 Å². The number of aromatic nitrogens is 2. The van der Waals surface area contributed by atoms with Gasteiger partial charge in [0.05, 0.1) is 5.57 Å². The number of amides is 1. The first-order chi connectivity index (χ1) is 14.9. The van der Waals surface area contributed by atoms with Gasteiger partial charge in [0.25, 0.3) is 5.78 Å². The summed E-state index contributed by atoms with van der Waals surface area (Å²) < 4.78 is 16.8. The van der Waals surface area contributed by atoms with Crippen LogP contribution >= 0.6 is 11.3 Å². The summed E-state index contributed by atoms with van der Waals surface area (Å²) in [6.45, 7) is 4.32. The summed E-state index contributed by atoms with van der Waals surface area (Å²) in [6.07, 6.45) is 0. The molecule has 1 N–H and O–H groups in total. The smallest absolute Gasteiger partial charge is 0.302 e. The highest BCUT2D eigenvalue weighted by atomic mass is 32.1. The zero-order chi connectivity index (χ0) is 21.7. The second kappa shape index (κ2) is 7.24. The largest absolute Gasteiger partial charge is 0.507 e. The Kier molecular flexibility index (Phi) is 4.51. The van der Waals surface area contributed by atoms with Gasteiger partial charge in [-0.15, -0.1) is 10.2 Å². The standard InChI is InChI=1S/C21H17N3O6S/c1-10-3-5-14(30-10)17-16(19(26)20(27)24(17)21-23-22-11(2)31-21)18(25)12-4-6-13-15(9-12)29-8-7-28-13/h3-6,9,17,25H,7-8H2,1-2H3. The van der Waals surface area contributed by atoms with E-state index in [9.17, 15) is 14.7 Å². The number of carbonyl (C=O) groups excluding carboxylic acids is 2. The lowest BCUT2D eigenvalue weighted by Crippen LogP contribution is -2.29. The maximum atomic E-state index is 13.0. The maximum Gasteiger partial charge on any atom is 0.302 e. The molecule has 10 heteroatoms. The van der Waals surface area contributed by atoms with Gasteiger partial charge in [0, 0.05) is 5.56 Å². The van der Waals surface area contributed by atoms with Crippen LogP contribution in [0.2, 0.25) is 0 Å². The number of aryl methyl sites for hydroxylation is 2. The molecule has 2 aliphatic heterocycles. The molecule has 31 heavy (non-hydrogen) atoms. The van der Waals surface area contributed by atoms with E-state index in [0.717, 1.165) is 0 Å². The van der Waals surface area contributed by atoms with E-state index in [-0.39, 0.29) is 16.5 Å². The molecule has 1 unspecified atom stereocenters. The minimum atomic E-state index is -0.978.